The van der Waals surface area contributed by atoms with E-state index in [9.17, 15) is 0 Å². The molecule has 0 fully saturated rings. The molecule has 0 rings (SSSR count). The Morgan fingerprint density at radius 3 is 1.40 bits per heavy atom. The molecule has 4 N–H and O–H groups in total. The molecule has 0 saturated heterocycles. The summed E-state index contributed by atoms with van der Waals surface area (Å²) in [7, 11) is 2.91. The number of hydrogen-bond acceptors (Lipinski definition) is 4. The summed E-state index contributed by atoms with van der Waals surface area (Å²) in [5.74, 6) is 0. The topological polar surface area (TPSA) is 81.5 Å². The summed E-state index contributed by atoms with van der Waals surface area (Å²) in [4.78, 5) is 0. The van der Waals surface area contributed by atoms with Crippen molar-refractivity contribution in [2.75, 3.05) is 14.2 Å². The molecule has 0 aromatic heterocycles. The maximum atomic E-state index is 4.63. The largest absolute Gasteiger partial charge is 1.00 e. The third-order valence-electron chi connectivity index (χ3n) is 0.447. The van der Waals surface area contributed by atoms with Gasteiger partial charge in [0.05, 0.1) is 5.69 Å². The molecule has 0 amide bonds. The minimum absolute atomic E-state index is 0. The van der Waals surface area contributed by atoms with Crippen LogP contribution < -0.4 is 29.6 Å². The third-order valence-corrected chi connectivity index (χ3v) is 3.13. The van der Waals surface area contributed by atoms with Crippen LogP contribution in [-0.4, -0.2) is 25.2 Å². The van der Waals surface area contributed by atoms with Crippen molar-refractivity contribution in [2.45, 2.75) is 0 Å². The van der Waals surface area contributed by atoms with Crippen LogP contribution in [0.15, 0.2) is 0 Å². The zero-order valence-corrected chi connectivity index (χ0v) is 10.6. The molecule has 0 heterocycles. The predicted octanol–water partition coefficient (Wildman–Crippen LogP) is -3.59. The quantitative estimate of drug-likeness (QED) is 0.271. The molecule has 0 aliphatic carbocycles. The average molecular weight is 216 g/mol. The predicted molar refractivity (Wildman–Crippen MR) is 42.9 cm³/mol. The molecule has 0 aliphatic heterocycles. The molecule has 4 nitrogen and oxygen atoms in total. The van der Waals surface area contributed by atoms with Gasteiger partial charge in [0.15, 0.2) is 0 Å². The van der Waals surface area contributed by atoms with Gasteiger partial charge in [-0.3, -0.25) is 0 Å². The Hall–Kier alpha value is 1.84. The molecule has 0 atom stereocenters. The molecule has 10 heavy (non-hydrogen) atoms. The van der Waals surface area contributed by atoms with Crippen LogP contribution in [0.1, 0.15) is 0 Å². The van der Waals surface area contributed by atoms with Gasteiger partial charge in [-0.2, -0.15) is 0 Å². The zero-order valence-electron chi connectivity index (χ0n) is 6.08. The van der Waals surface area contributed by atoms with Crippen LogP contribution in [0.3, 0.4) is 0 Å². The van der Waals surface area contributed by atoms with Gasteiger partial charge in [0.25, 0.3) is 0 Å². The van der Waals surface area contributed by atoms with Crippen molar-refractivity contribution in [1.29, 1.82) is 0 Å². The van der Waals surface area contributed by atoms with Crippen molar-refractivity contribution >= 4 is 29.7 Å². The van der Waals surface area contributed by atoms with Gasteiger partial charge in [0, 0.05) is 14.2 Å². The SMILES string of the molecule is COP(=S)([S-])OC.O.O.[Na+]. The Labute approximate surface area is 92.9 Å². The third kappa shape index (κ3) is 12.5. The fraction of sp³-hybridized carbons (Fsp3) is 1.00. The summed E-state index contributed by atoms with van der Waals surface area (Å²) in [6, 6.07) is 0. The molecular weight excluding hydrogens is 206 g/mol. The van der Waals surface area contributed by atoms with E-state index in [1.165, 1.54) is 14.2 Å². The molecule has 0 spiro atoms. The minimum atomic E-state index is -2.24. The van der Waals surface area contributed by atoms with Crippen LogP contribution in [0.2, 0.25) is 0 Å². The van der Waals surface area contributed by atoms with Crippen molar-refractivity contribution in [3.63, 3.8) is 0 Å². The zero-order chi connectivity index (χ0) is 5.91. The average Bonchev–Trinajstić information content (AvgIpc) is 1.68. The second-order valence-corrected chi connectivity index (χ2v) is 6.01. The van der Waals surface area contributed by atoms with E-state index in [0.29, 0.717) is 0 Å². The summed E-state index contributed by atoms with van der Waals surface area (Å²) < 4.78 is 9.21. The normalized spacial score (nSPS) is 8.30. The summed E-state index contributed by atoms with van der Waals surface area (Å²) >= 11 is 9.25. The molecule has 60 valence electrons. The first-order chi connectivity index (χ1) is 3.12. The van der Waals surface area contributed by atoms with Crippen LogP contribution >= 0.6 is 5.69 Å². The van der Waals surface area contributed by atoms with E-state index in [-0.39, 0.29) is 40.5 Å². The van der Waals surface area contributed by atoms with E-state index in [2.05, 4.69) is 33.1 Å². The minimum Gasteiger partial charge on any atom is -0.691 e. The second-order valence-electron chi connectivity index (χ2n) is 0.812. The summed E-state index contributed by atoms with van der Waals surface area (Å²) in [5.41, 5.74) is -2.24. The van der Waals surface area contributed by atoms with Crippen LogP contribution in [0, 0.1) is 0 Å². The molecule has 0 aromatic rings. The standard InChI is InChI=1S/C2H7O2PS2.Na.2H2O/c1-3-5(6,7)4-2;;;/h1-2H3,(H,6,7);;2*1H2/q;+1;;/p-1. The Morgan fingerprint density at radius 2 is 1.40 bits per heavy atom. The monoisotopic (exact) mass is 216 g/mol. The van der Waals surface area contributed by atoms with E-state index < -0.39 is 5.69 Å². The Balaban J connectivity index is -0.0000000600. The Morgan fingerprint density at radius 1 is 1.20 bits per heavy atom. The van der Waals surface area contributed by atoms with Crippen LogP contribution in [0.4, 0.5) is 0 Å². The second kappa shape index (κ2) is 10.8. The van der Waals surface area contributed by atoms with Gasteiger partial charge in [-0.1, -0.05) is 11.8 Å². The molecular formula is C2H10NaO4PS2. The van der Waals surface area contributed by atoms with Gasteiger partial charge in [-0.25, -0.2) is 0 Å². The fourth-order valence-corrected chi connectivity index (χ4v) is 0.224. The van der Waals surface area contributed by atoms with E-state index >= 15 is 0 Å². The Bertz CT molecular complexity index is 93.3. The van der Waals surface area contributed by atoms with Gasteiger partial charge < -0.3 is 32.2 Å². The summed E-state index contributed by atoms with van der Waals surface area (Å²) in [5, 5.41) is 0. The smallest absolute Gasteiger partial charge is 0.691 e. The van der Waals surface area contributed by atoms with Crippen molar-refractivity contribution in [1.82, 2.24) is 0 Å². The molecule has 0 unspecified atom stereocenters. The maximum Gasteiger partial charge on any atom is 1.00 e. The van der Waals surface area contributed by atoms with E-state index in [0.717, 1.165) is 0 Å². The number of hydrogen-bond donors (Lipinski definition) is 0. The van der Waals surface area contributed by atoms with Gasteiger partial charge in [0.1, 0.15) is 0 Å². The molecule has 0 aromatic carbocycles. The van der Waals surface area contributed by atoms with Crippen molar-refractivity contribution < 1.29 is 49.6 Å². The van der Waals surface area contributed by atoms with Crippen molar-refractivity contribution in [2.24, 2.45) is 0 Å². The first-order valence-electron chi connectivity index (χ1n) is 1.55. The van der Waals surface area contributed by atoms with Gasteiger partial charge in [0.2, 0.25) is 0 Å². The van der Waals surface area contributed by atoms with Gasteiger partial charge in [-0.05, 0) is 0 Å². The van der Waals surface area contributed by atoms with Gasteiger partial charge in [-0.15, -0.1) is 0 Å². The maximum absolute atomic E-state index is 4.63. The summed E-state index contributed by atoms with van der Waals surface area (Å²) in [6.45, 7) is 0. The van der Waals surface area contributed by atoms with E-state index in [4.69, 9.17) is 0 Å². The van der Waals surface area contributed by atoms with Crippen LogP contribution in [0.5, 0.6) is 0 Å². The first-order valence-corrected chi connectivity index (χ1v) is 5.20. The van der Waals surface area contributed by atoms with Crippen molar-refractivity contribution in [3.8, 4) is 0 Å². The molecule has 0 saturated carbocycles. The number of rotatable bonds is 2. The van der Waals surface area contributed by atoms with Gasteiger partial charge >= 0.3 is 29.6 Å². The van der Waals surface area contributed by atoms with E-state index in [1.807, 2.05) is 0 Å². The summed E-state index contributed by atoms with van der Waals surface area (Å²) in [6.07, 6.45) is 0. The van der Waals surface area contributed by atoms with Crippen LogP contribution in [0.25, 0.3) is 0 Å². The molecule has 0 bridgehead atoms. The first kappa shape index (κ1) is 22.6. The fourth-order valence-electron chi connectivity index (χ4n) is 0.0745. The molecule has 0 radical (unpaired) electrons. The molecule has 8 heteroatoms. The van der Waals surface area contributed by atoms with E-state index in [1.54, 1.807) is 0 Å². The van der Waals surface area contributed by atoms with Crippen molar-refractivity contribution in [3.05, 3.63) is 0 Å². The Kier molecular flexibility index (Phi) is 24.5. The molecule has 0 aliphatic rings. The van der Waals surface area contributed by atoms with Crippen LogP contribution in [-0.2, 0) is 33.1 Å².